The number of carbonyl (C=O) groups is 1. The third-order valence-electron chi connectivity index (χ3n) is 6.25. The highest BCUT2D eigenvalue weighted by Crippen LogP contribution is 2.45. The summed E-state index contributed by atoms with van der Waals surface area (Å²) in [5.41, 5.74) is 6.25. The van der Waals surface area contributed by atoms with E-state index in [2.05, 4.69) is 9.97 Å². The Balaban J connectivity index is 1.58. The Kier molecular flexibility index (Phi) is 8.96. The second kappa shape index (κ2) is 12.2. The van der Waals surface area contributed by atoms with E-state index in [0.717, 1.165) is 0 Å². The molecule has 0 bridgehead atoms. The molecule has 0 spiro atoms. The zero-order valence-corrected chi connectivity index (χ0v) is 23.6. The molecule has 0 radical (unpaired) electrons. The number of rotatable bonds is 10. The third-order valence-corrected chi connectivity index (χ3v) is 7.00. The van der Waals surface area contributed by atoms with Gasteiger partial charge in [0.2, 0.25) is 11.9 Å². The minimum atomic E-state index is -0.403. The first kappa shape index (κ1) is 28.6. The Bertz CT molecular complexity index is 1440. The second-order valence-corrected chi connectivity index (χ2v) is 9.96. The lowest BCUT2D eigenvalue weighted by molar-refractivity contribution is -0.139. The molecule has 0 saturated carbocycles. The molecule has 3 heterocycles. The molecular weight excluding hydrogens is 547 g/mol. The molecule has 1 aliphatic heterocycles. The Hall–Kier alpha value is -3.38. The van der Waals surface area contributed by atoms with Crippen LogP contribution in [0.25, 0.3) is 22.2 Å². The summed E-state index contributed by atoms with van der Waals surface area (Å²) < 4.78 is 18.1. The van der Waals surface area contributed by atoms with E-state index < -0.39 is 5.56 Å². The number of likely N-dealkylation sites (N-methyl/N-ethyl adjacent to an activating group) is 1. The number of carbonyl (C=O) groups excluding carboxylic acids is 1. The summed E-state index contributed by atoms with van der Waals surface area (Å²) in [7, 11) is 6.79. The van der Waals surface area contributed by atoms with Crippen LogP contribution in [0.3, 0.4) is 0 Å². The van der Waals surface area contributed by atoms with Gasteiger partial charge in [-0.2, -0.15) is 4.98 Å². The largest absolute Gasteiger partial charge is 0.495 e. The molecule has 2 N–H and O–H groups in total. The van der Waals surface area contributed by atoms with Gasteiger partial charge in [-0.15, -0.1) is 0 Å². The van der Waals surface area contributed by atoms with Crippen LogP contribution in [-0.4, -0.2) is 90.9 Å². The molecule has 1 saturated heterocycles. The summed E-state index contributed by atoms with van der Waals surface area (Å²) in [5, 5.41) is 0.883. The van der Waals surface area contributed by atoms with Crippen LogP contribution in [0.2, 0.25) is 10.0 Å². The molecule has 1 amide bonds. The molecule has 0 unspecified atom stereocenters. The highest BCUT2D eigenvalue weighted by molar-refractivity contribution is 6.41. The average Bonchev–Trinajstić information content (AvgIpc) is 2.87. The Morgan fingerprint density at radius 2 is 1.85 bits per heavy atom. The number of anilines is 1. The molecule has 1 fully saturated rings. The van der Waals surface area contributed by atoms with Crippen LogP contribution in [0.4, 0.5) is 5.95 Å². The number of likely N-dealkylation sites (tertiary alicyclic amines) is 1. The number of amides is 1. The fraction of sp³-hybridized carbons (Fsp3) is 0.385. The van der Waals surface area contributed by atoms with Gasteiger partial charge >= 0.3 is 0 Å². The van der Waals surface area contributed by atoms with Crippen molar-refractivity contribution >= 4 is 46.1 Å². The normalized spacial score (nSPS) is 13.9. The van der Waals surface area contributed by atoms with Gasteiger partial charge in [0.1, 0.15) is 17.1 Å². The standard InChI is InChI=1S/C26H30Cl2N6O5/c1-32(2)7-5-6-20(35)33-13-16(14-33)39-9-8-34-24-15(12-30-26(29)31-24)10-17(25(34)36)21-22(27)18(37-3)11-19(38-4)23(21)28/h5-6,10-12,16H,7-9,13-14H2,1-4H3,(H2,29,30,31)/b6-5+. The summed E-state index contributed by atoms with van der Waals surface area (Å²) in [6.45, 7) is 2.02. The summed E-state index contributed by atoms with van der Waals surface area (Å²) in [6.07, 6.45) is 4.79. The zero-order chi connectivity index (χ0) is 28.3. The molecule has 0 aliphatic carbocycles. The number of aromatic nitrogens is 3. The predicted molar refractivity (Wildman–Crippen MR) is 151 cm³/mol. The number of nitrogen functional groups attached to an aromatic ring is 1. The van der Waals surface area contributed by atoms with Gasteiger partial charge in [-0.3, -0.25) is 14.2 Å². The number of fused-ring (bicyclic) bond motifs is 1. The number of hydrogen-bond donors (Lipinski definition) is 1. The minimum absolute atomic E-state index is 0.0268. The molecule has 2 aromatic heterocycles. The van der Waals surface area contributed by atoms with Crippen LogP contribution in [0.5, 0.6) is 11.5 Å². The lowest BCUT2D eigenvalue weighted by Gasteiger charge is -2.38. The Morgan fingerprint density at radius 1 is 1.18 bits per heavy atom. The van der Waals surface area contributed by atoms with E-state index in [1.54, 1.807) is 23.1 Å². The van der Waals surface area contributed by atoms with Crippen LogP contribution in [-0.2, 0) is 16.1 Å². The van der Waals surface area contributed by atoms with Gasteiger partial charge in [-0.25, -0.2) is 4.98 Å². The Labute approximate surface area is 235 Å². The molecule has 4 rings (SSSR count). The number of hydrogen-bond acceptors (Lipinski definition) is 9. The Morgan fingerprint density at radius 3 is 2.46 bits per heavy atom. The second-order valence-electron chi connectivity index (χ2n) is 9.21. The fourth-order valence-electron chi connectivity index (χ4n) is 4.18. The first-order valence-electron chi connectivity index (χ1n) is 12.1. The molecule has 208 valence electrons. The van der Waals surface area contributed by atoms with Crippen molar-refractivity contribution in [2.24, 2.45) is 0 Å². The maximum Gasteiger partial charge on any atom is 0.260 e. The van der Waals surface area contributed by atoms with Gasteiger partial charge in [0.05, 0.1) is 49.1 Å². The van der Waals surface area contributed by atoms with Crippen LogP contribution in [0.1, 0.15) is 0 Å². The van der Waals surface area contributed by atoms with Gasteiger partial charge in [-0.1, -0.05) is 29.3 Å². The first-order valence-corrected chi connectivity index (χ1v) is 12.9. The maximum atomic E-state index is 13.8. The summed E-state index contributed by atoms with van der Waals surface area (Å²) in [6, 6.07) is 3.16. The lowest BCUT2D eigenvalue weighted by atomic mass is 10.0. The molecule has 11 nitrogen and oxygen atoms in total. The smallest absolute Gasteiger partial charge is 0.260 e. The van der Waals surface area contributed by atoms with E-state index in [1.165, 1.54) is 25.0 Å². The summed E-state index contributed by atoms with van der Waals surface area (Å²) in [4.78, 5) is 38.1. The average molecular weight is 577 g/mol. The van der Waals surface area contributed by atoms with Crippen LogP contribution >= 0.6 is 23.2 Å². The number of pyridine rings is 1. The van der Waals surface area contributed by atoms with Gasteiger partial charge in [0, 0.05) is 48.9 Å². The van der Waals surface area contributed by atoms with Crippen molar-refractivity contribution in [1.29, 1.82) is 0 Å². The van der Waals surface area contributed by atoms with Crippen molar-refractivity contribution in [3.63, 3.8) is 0 Å². The van der Waals surface area contributed by atoms with E-state index in [4.69, 9.17) is 43.1 Å². The van der Waals surface area contributed by atoms with E-state index in [0.29, 0.717) is 42.2 Å². The molecule has 39 heavy (non-hydrogen) atoms. The number of methoxy groups -OCH3 is 2. The van der Waals surface area contributed by atoms with Crippen LogP contribution in [0.15, 0.2) is 35.3 Å². The highest BCUT2D eigenvalue weighted by atomic mass is 35.5. The number of halogens is 2. The molecule has 13 heteroatoms. The van der Waals surface area contributed by atoms with Crippen molar-refractivity contribution in [3.8, 4) is 22.6 Å². The summed E-state index contributed by atoms with van der Waals surface area (Å²) in [5.74, 6) is 0.577. The van der Waals surface area contributed by atoms with Crippen molar-refractivity contribution in [2.45, 2.75) is 12.6 Å². The van der Waals surface area contributed by atoms with Crippen LogP contribution in [0, 0.1) is 0 Å². The van der Waals surface area contributed by atoms with E-state index in [-0.39, 0.29) is 52.3 Å². The van der Waals surface area contributed by atoms with E-state index in [9.17, 15) is 9.59 Å². The van der Waals surface area contributed by atoms with Crippen molar-refractivity contribution in [3.05, 3.63) is 50.9 Å². The van der Waals surface area contributed by atoms with E-state index >= 15 is 0 Å². The predicted octanol–water partition coefficient (Wildman–Crippen LogP) is 2.71. The molecule has 0 atom stereocenters. The molecular formula is C26H30Cl2N6O5. The maximum absolute atomic E-state index is 13.8. The van der Waals surface area contributed by atoms with Gasteiger partial charge in [-0.05, 0) is 20.2 Å². The lowest BCUT2D eigenvalue weighted by Crippen LogP contribution is -2.54. The topological polar surface area (TPSA) is 125 Å². The zero-order valence-electron chi connectivity index (χ0n) is 22.1. The molecule has 3 aromatic rings. The number of ether oxygens (including phenoxy) is 3. The van der Waals surface area contributed by atoms with E-state index in [1.807, 2.05) is 25.1 Å². The SMILES string of the molecule is COc1cc(OC)c(Cl)c(-c2cc3cnc(N)nc3n(CCOC3CN(C(=O)/C=C/CN(C)C)C3)c2=O)c1Cl. The number of benzene rings is 1. The van der Waals surface area contributed by atoms with Crippen LogP contribution < -0.4 is 20.8 Å². The van der Waals surface area contributed by atoms with Crippen molar-refractivity contribution in [1.82, 2.24) is 24.3 Å². The van der Waals surface area contributed by atoms with Crippen molar-refractivity contribution < 1.29 is 19.0 Å². The highest BCUT2D eigenvalue weighted by Gasteiger charge is 2.30. The minimum Gasteiger partial charge on any atom is -0.495 e. The van der Waals surface area contributed by atoms with Gasteiger partial charge < -0.3 is 29.7 Å². The molecule has 1 aromatic carbocycles. The monoisotopic (exact) mass is 576 g/mol. The van der Waals surface area contributed by atoms with Crippen molar-refractivity contribution in [2.75, 3.05) is 60.3 Å². The van der Waals surface area contributed by atoms with Gasteiger partial charge in [0.15, 0.2) is 0 Å². The quantitative estimate of drug-likeness (QED) is 0.362. The fourth-order valence-corrected chi connectivity index (χ4v) is 4.89. The number of nitrogens with two attached hydrogens (primary N) is 1. The summed E-state index contributed by atoms with van der Waals surface area (Å²) >= 11 is 13.2. The first-order chi connectivity index (χ1) is 18.6. The number of nitrogens with zero attached hydrogens (tertiary/aromatic N) is 5. The van der Waals surface area contributed by atoms with Gasteiger partial charge in [0.25, 0.3) is 5.56 Å². The third kappa shape index (κ3) is 6.11. The molecule has 1 aliphatic rings.